The fourth-order valence-electron chi connectivity index (χ4n) is 1.42. The molecule has 2 N–H and O–H groups in total. The molecule has 0 aliphatic carbocycles. The predicted octanol–water partition coefficient (Wildman–Crippen LogP) is 3.49. The summed E-state index contributed by atoms with van der Waals surface area (Å²) < 4.78 is 0. The summed E-state index contributed by atoms with van der Waals surface area (Å²) in [5.74, 6) is 0.820. The first-order valence-electron chi connectivity index (χ1n) is 5.31. The van der Waals surface area contributed by atoms with Gasteiger partial charge in [-0.1, -0.05) is 29.8 Å². The minimum Gasteiger partial charge on any atom is -0.326 e. The average molecular weight is 265 g/mol. The normalized spacial score (nSPS) is 10.5. The molecule has 0 saturated heterocycles. The largest absolute Gasteiger partial charge is 0.326 e. The number of aromatic nitrogens is 1. The van der Waals surface area contributed by atoms with Crippen molar-refractivity contribution in [2.45, 2.75) is 17.3 Å². The molecule has 2 aromatic rings. The second-order valence-corrected chi connectivity index (χ2v) is 4.99. The first-order valence-corrected chi connectivity index (χ1v) is 6.67. The van der Waals surface area contributed by atoms with Gasteiger partial charge in [-0.3, -0.25) is 0 Å². The standard InChI is InChI=1S/C13H13ClN2S/c14-12-7-10(8-15)4-5-11(12)9-17-13-3-1-2-6-16-13/h1-7H,8-9,15H2. The minimum atomic E-state index is 0.521. The van der Waals surface area contributed by atoms with Crippen molar-refractivity contribution in [3.8, 4) is 0 Å². The summed E-state index contributed by atoms with van der Waals surface area (Å²) >= 11 is 7.86. The van der Waals surface area contributed by atoms with Gasteiger partial charge in [-0.15, -0.1) is 11.8 Å². The maximum atomic E-state index is 6.19. The van der Waals surface area contributed by atoms with Crippen LogP contribution in [-0.4, -0.2) is 4.98 Å². The zero-order valence-corrected chi connectivity index (χ0v) is 10.8. The second kappa shape index (κ2) is 6.05. The smallest absolute Gasteiger partial charge is 0.0963 e. The van der Waals surface area contributed by atoms with Crippen molar-refractivity contribution in [1.29, 1.82) is 0 Å². The van der Waals surface area contributed by atoms with E-state index in [9.17, 15) is 0 Å². The van der Waals surface area contributed by atoms with E-state index in [-0.39, 0.29) is 0 Å². The Morgan fingerprint density at radius 3 is 2.76 bits per heavy atom. The Kier molecular flexibility index (Phi) is 4.42. The van der Waals surface area contributed by atoms with Crippen LogP contribution in [0.2, 0.25) is 5.02 Å². The number of nitrogens with zero attached hydrogens (tertiary/aromatic N) is 1. The highest BCUT2D eigenvalue weighted by Crippen LogP contribution is 2.26. The highest BCUT2D eigenvalue weighted by molar-refractivity contribution is 7.98. The van der Waals surface area contributed by atoms with Gasteiger partial charge >= 0.3 is 0 Å². The molecular weight excluding hydrogens is 252 g/mol. The van der Waals surface area contributed by atoms with Gasteiger partial charge in [0.15, 0.2) is 0 Å². The van der Waals surface area contributed by atoms with Gasteiger partial charge in [0.2, 0.25) is 0 Å². The summed E-state index contributed by atoms with van der Waals surface area (Å²) in [6.07, 6.45) is 1.79. The Morgan fingerprint density at radius 1 is 1.24 bits per heavy atom. The fraction of sp³-hybridized carbons (Fsp3) is 0.154. The van der Waals surface area contributed by atoms with Crippen molar-refractivity contribution in [3.63, 3.8) is 0 Å². The van der Waals surface area contributed by atoms with Gasteiger partial charge in [0.25, 0.3) is 0 Å². The molecular formula is C13H13ClN2S. The third-order valence-electron chi connectivity index (χ3n) is 2.37. The molecule has 0 fully saturated rings. The van der Waals surface area contributed by atoms with E-state index in [2.05, 4.69) is 4.98 Å². The van der Waals surface area contributed by atoms with Crippen LogP contribution < -0.4 is 5.73 Å². The van der Waals surface area contributed by atoms with E-state index in [0.717, 1.165) is 26.9 Å². The molecule has 0 unspecified atom stereocenters. The SMILES string of the molecule is NCc1ccc(CSc2ccccn2)c(Cl)c1. The van der Waals surface area contributed by atoms with E-state index in [4.69, 9.17) is 17.3 Å². The van der Waals surface area contributed by atoms with E-state index in [1.807, 2.05) is 36.4 Å². The van der Waals surface area contributed by atoms with Gasteiger partial charge in [-0.25, -0.2) is 4.98 Å². The van der Waals surface area contributed by atoms with Crippen molar-refractivity contribution in [2.75, 3.05) is 0 Å². The molecule has 1 aromatic carbocycles. The lowest BCUT2D eigenvalue weighted by molar-refractivity contribution is 1.07. The summed E-state index contributed by atoms with van der Waals surface area (Å²) in [7, 11) is 0. The summed E-state index contributed by atoms with van der Waals surface area (Å²) in [5, 5.41) is 1.78. The van der Waals surface area contributed by atoms with Crippen LogP contribution in [0.15, 0.2) is 47.6 Å². The van der Waals surface area contributed by atoms with Crippen molar-refractivity contribution >= 4 is 23.4 Å². The predicted molar refractivity (Wildman–Crippen MR) is 73.1 cm³/mol. The summed E-state index contributed by atoms with van der Waals surface area (Å²) in [6, 6.07) is 11.9. The number of hydrogen-bond acceptors (Lipinski definition) is 3. The average Bonchev–Trinajstić information content (AvgIpc) is 2.38. The summed E-state index contributed by atoms with van der Waals surface area (Å²) in [4.78, 5) is 4.26. The quantitative estimate of drug-likeness (QED) is 0.860. The number of benzene rings is 1. The molecule has 0 saturated carbocycles. The molecule has 0 aliphatic heterocycles. The number of rotatable bonds is 4. The zero-order chi connectivity index (χ0) is 12.1. The fourth-order valence-corrected chi connectivity index (χ4v) is 2.63. The van der Waals surface area contributed by atoms with E-state index in [0.29, 0.717) is 6.54 Å². The number of pyridine rings is 1. The first-order chi connectivity index (χ1) is 8.29. The van der Waals surface area contributed by atoms with Gasteiger partial charge in [0, 0.05) is 23.5 Å². The van der Waals surface area contributed by atoms with E-state index in [1.54, 1.807) is 18.0 Å². The Balaban J connectivity index is 2.04. The van der Waals surface area contributed by atoms with Crippen LogP contribution in [0, 0.1) is 0 Å². The Hall–Kier alpha value is -1.03. The van der Waals surface area contributed by atoms with Crippen LogP contribution in [-0.2, 0) is 12.3 Å². The third kappa shape index (κ3) is 3.46. The highest BCUT2D eigenvalue weighted by atomic mass is 35.5. The number of hydrogen-bond donors (Lipinski definition) is 1. The molecule has 0 amide bonds. The van der Waals surface area contributed by atoms with Gasteiger partial charge in [-0.2, -0.15) is 0 Å². The van der Waals surface area contributed by atoms with Crippen molar-refractivity contribution < 1.29 is 0 Å². The van der Waals surface area contributed by atoms with Crippen molar-refractivity contribution in [3.05, 3.63) is 58.7 Å². The van der Waals surface area contributed by atoms with Crippen LogP contribution in [0.1, 0.15) is 11.1 Å². The molecule has 17 heavy (non-hydrogen) atoms. The first kappa shape index (κ1) is 12.4. The van der Waals surface area contributed by atoms with E-state index >= 15 is 0 Å². The molecule has 2 rings (SSSR count). The molecule has 88 valence electrons. The third-order valence-corrected chi connectivity index (χ3v) is 3.71. The lowest BCUT2D eigenvalue weighted by atomic mass is 10.1. The van der Waals surface area contributed by atoms with Crippen LogP contribution in [0.5, 0.6) is 0 Å². The van der Waals surface area contributed by atoms with Crippen LogP contribution in [0.25, 0.3) is 0 Å². The summed E-state index contributed by atoms with van der Waals surface area (Å²) in [6.45, 7) is 0.521. The van der Waals surface area contributed by atoms with Gasteiger partial charge in [0.05, 0.1) is 5.03 Å². The van der Waals surface area contributed by atoms with Crippen LogP contribution in [0.4, 0.5) is 0 Å². The zero-order valence-electron chi connectivity index (χ0n) is 9.27. The Morgan fingerprint density at radius 2 is 2.12 bits per heavy atom. The van der Waals surface area contributed by atoms with Gasteiger partial charge in [-0.05, 0) is 29.3 Å². The number of halogens is 1. The molecule has 0 spiro atoms. The highest BCUT2D eigenvalue weighted by Gasteiger charge is 2.03. The topological polar surface area (TPSA) is 38.9 Å². The molecule has 0 aliphatic rings. The van der Waals surface area contributed by atoms with E-state index in [1.165, 1.54) is 0 Å². The maximum absolute atomic E-state index is 6.19. The lowest BCUT2D eigenvalue weighted by Gasteiger charge is -2.05. The van der Waals surface area contributed by atoms with Crippen molar-refractivity contribution in [2.24, 2.45) is 5.73 Å². The van der Waals surface area contributed by atoms with E-state index < -0.39 is 0 Å². The molecule has 2 nitrogen and oxygen atoms in total. The summed E-state index contributed by atoms with van der Waals surface area (Å²) in [5.41, 5.74) is 7.73. The molecule has 4 heteroatoms. The van der Waals surface area contributed by atoms with Gasteiger partial charge < -0.3 is 5.73 Å². The molecule has 0 atom stereocenters. The van der Waals surface area contributed by atoms with Gasteiger partial charge in [0.1, 0.15) is 0 Å². The Labute approximate surface area is 110 Å². The van der Waals surface area contributed by atoms with Crippen LogP contribution >= 0.6 is 23.4 Å². The Bertz CT molecular complexity index is 488. The second-order valence-electron chi connectivity index (χ2n) is 3.59. The minimum absolute atomic E-state index is 0.521. The van der Waals surface area contributed by atoms with Crippen molar-refractivity contribution in [1.82, 2.24) is 4.98 Å². The van der Waals surface area contributed by atoms with Crippen LogP contribution in [0.3, 0.4) is 0 Å². The number of thioether (sulfide) groups is 1. The molecule has 1 aromatic heterocycles. The maximum Gasteiger partial charge on any atom is 0.0963 e. The molecule has 0 bridgehead atoms. The monoisotopic (exact) mass is 264 g/mol. The number of nitrogens with two attached hydrogens (primary N) is 1. The molecule has 0 radical (unpaired) electrons. The lowest BCUT2D eigenvalue weighted by Crippen LogP contribution is -1.96. The molecule has 1 heterocycles.